The lowest BCUT2D eigenvalue weighted by molar-refractivity contribution is -0.114. The van der Waals surface area contributed by atoms with Gasteiger partial charge in [0.25, 0.3) is 0 Å². The van der Waals surface area contributed by atoms with E-state index >= 15 is 0 Å². The van der Waals surface area contributed by atoms with Gasteiger partial charge in [0.05, 0.1) is 14.4 Å². The summed E-state index contributed by atoms with van der Waals surface area (Å²) in [7, 11) is -3.63. The third-order valence-electron chi connectivity index (χ3n) is 2.88. The van der Waals surface area contributed by atoms with E-state index in [1.54, 1.807) is 13.0 Å². The molecule has 11 heteroatoms. The first kappa shape index (κ1) is 19.5. The van der Waals surface area contributed by atoms with Crippen molar-refractivity contribution in [3.63, 3.8) is 0 Å². The molecule has 0 fully saturated rings. The Kier molecular flexibility index (Phi) is 6.51. The summed E-state index contributed by atoms with van der Waals surface area (Å²) in [5, 5.41) is 11.9. The van der Waals surface area contributed by atoms with Gasteiger partial charge in [-0.15, -0.1) is 11.3 Å². The molecule has 0 aliphatic heterocycles. The van der Waals surface area contributed by atoms with Gasteiger partial charge >= 0.3 is 0 Å². The van der Waals surface area contributed by atoms with Gasteiger partial charge in [0.2, 0.25) is 15.9 Å². The van der Waals surface area contributed by atoms with Gasteiger partial charge in [0, 0.05) is 25.6 Å². The first-order valence-electron chi connectivity index (χ1n) is 6.90. The number of hydrogen-bond donors (Lipinski definition) is 3. The monoisotopic (exact) mass is 453 g/mol. The first-order valence-corrected chi connectivity index (χ1v) is 10.8. The molecule has 0 radical (unpaired) electrons. The van der Waals surface area contributed by atoms with Gasteiger partial charge in [-0.25, -0.2) is 18.1 Å². The zero-order chi connectivity index (χ0) is 17.9. The number of hydrogen-bond acceptors (Lipinski definition) is 7. The first-order chi connectivity index (χ1) is 11.2. The molecule has 1 amide bonds. The fourth-order valence-corrected chi connectivity index (χ4v) is 6.55. The average molecular weight is 454 g/mol. The number of sulfonamides is 1. The summed E-state index contributed by atoms with van der Waals surface area (Å²) in [5.41, 5.74) is 1.42. The Morgan fingerprint density at radius 3 is 2.75 bits per heavy atom. The smallest absolute Gasteiger partial charge is 0.250 e. The largest absolute Gasteiger partial charge is 0.396 e. The molecule has 0 spiro atoms. The Morgan fingerprint density at radius 2 is 2.12 bits per heavy atom. The van der Waals surface area contributed by atoms with Crippen molar-refractivity contribution in [3.05, 3.63) is 15.5 Å². The van der Waals surface area contributed by atoms with Gasteiger partial charge in [-0.3, -0.25) is 4.79 Å². The second-order valence-electron chi connectivity index (χ2n) is 4.84. The van der Waals surface area contributed by atoms with Crippen LogP contribution in [0.5, 0.6) is 0 Å². The lowest BCUT2D eigenvalue weighted by Crippen LogP contribution is -2.24. The van der Waals surface area contributed by atoms with Crippen LogP contribution in [-0.4, -0.2) is 37.6 Å². The molecule has 0 saturated heterocycles. The van der Waals surface area contributed by atoms with Gasteiger partial charge in [-0.2, -0.15) is 0 Å². The van der Waals surface area contributed by atoms with E-state index in [1.807, 2.05) is 0 Å². The van der Waals surface area contributed by atoms with Crippen molar-refractivity contribution < 1.29 is 18.3 Å². The van der Waals surface area contributed by atoms with Crippen molar-refractivity contribution in [2.24, 2.45) is 0 Å². The lowest BCUT2D eigenvalue weighted by Gasteiger charge is -2.02. The van der Waals surface area contributed by atoms with Gasteiger partial charge in [0.15, 0.2) is 5.13 Å². The van der Waals surface area contributed by atoms with E-state index in [9.17, 15) is 13.2 Å². The molecule has 2 rings (SSSR count). The molecule has 2 aromatic rings. The number of aromatic nitrogens is 1. The average Bonchev–Trinajstić information content (AvgIpc) is 3.01. The molecule has 0 bridgehead atoms. The van der Waals surface area contributed by atoms with Gasteiger partial charge in [-0.05, 0) is 35.3 Å². The van der Waals surface area contributed by atoms with E-state index in [0.717, 1.165) is 16.2 Å². The second kappa shape index (κ2) is 8.02. The van der Waals surface area contributed by atoms with E-state index in [1.165, 1.54) is 18.3 Å². The number of thiophene rings is 1. The van der Waals surface area contributed by atoms with Crippen LogP contribution in [0.2, 0.25) is 0 Å². The molecule has 0 unspecified atom stereocenters. The SMILES string of the molecule is CC(=O)Nc1nc(C)c(-c2cc(S(=O)(=O)NCCCO)sc2Br)s1. The summed E-state index contributed by atoms with van der Waals surface area (Å²) >= 11 is 5.79. The van der Waals surface area contributed by atoms with Crippen molar-refractivity contribution >= 4 is 59.7 Å². The van der Waals surface area contributed by atoms with Gasteiger partial charge < -0.3 is 10.4 Å². The molecule has 24 heavy (non-hydrogen) atoms. The zero-order valence-corrected chi connectivity index (χ0v) is 17.0. The fraction of sp³-hybridized carbons (Fsp3) is 0.385. The molecule has 3 N–H and O–H groups in total. The van der Waals surface area contributed by atoms with Crippen molar-refractivity contribution in [1.29, 1.82) is 0 Å². The Bertz CT molecular complexity index is 845. The van der Waals surface area contributed by atoms with Crippen LogP contribution in [-0.2, 0) is 14.8 Å². The zero-order valence-electron chi connectivity index (χ0n) is 12.9. The highest BCUT2D eigenvalue weighted by Crippen LogP contribution is 2.42. The predicted molar refractivity (Wildman–Crippen MR) is 99.1 cm³/mol. The van der Waals surface area contributed by atoms with Crippen LogP contribution in [0.1, 0.15) is 19.0 Å². The lowest BCUT2D eigenvalue weighted by atomic mass is 10.2. The Balaban J connectivity index is 2.32. The summed E-state index contributed by atoms with van der Waals surface area (Å²) < 4.78 is 27.8. The third-order valence-corrected chi connectivity index (χ3v) is 7.76. The van der Waals surface area contributed by atoms with Crippen molar-refractivity contribution in [2.45, 2.75) is 24.5 Å². The van der Waals surface area contributed by atoms with Crippen LogP contribution >= 0.6 is 38.6 Å². The van der Waals surface area contributed by atoms with Crippen molar-refractivity contribution in [3.8, 4) is 10.4 Å². The second-order valence-corrected chi connectivity index (χ2v) is 10.2. The summed E-state index contributed by atoms with van der Waals surface area (Å²) in [6.45, 7) is 3.30. The standard InChI is InChI=1S/C13H16BrN3O4S3/c1-7-11(23-13(16-7)17-8(2)19)9-6-10(22-12(9)14)24(20,21)15-4-3-5-18/h6,15,18H,3-5H2,1-2H3,(H,16,17,19). The number of rotatable bonds is 7. The maximum absolute atomic E-state index is 12.3. The topological polar surface area (TPSA) is 108 Å². The number of carbonyl (C=O) groups excluding carboxylic acids is 1. The molecule has 7 nitrogen and oxygen atoms in total. The number of amides is 1. The molecular weight excluding hydrogens is 438 g/mol. The van der Waals surface area contributed by atoms with Crippen molar-refractivity contribution in [2.75, 3.05) is 18.5 Å². The normalized spacial score (nSPS) is 11.7. The number of nitrogens with zero attached hydrogens (tertiary/aromatic N) is 1. The number of aliphatic hydroxyl groups is 1. The van der Waals surface area contributed by atoms with E-state index < -0.39 is 10.0 Å². The maximum atomic E-state index is 12.3. The molecular formula is C13H16BrN3O4S3. The number of nitrogens with one attached hydrogen (secondary N) is 2. The number of anilines is 1. The summed E-state index contributed by atoms with van der Waals surface area (Å²) in [6.07, 6.45) is 0.354. The molecule has 2 aromatic heterocycles. The third kappa shape index (κ3) is 4.61. The van der Waals surface area contributed by atoms with Gasteiger partial charge in [0.1, 0.15) is 4.21 Å². The van der Waals surface area contributed by atoms with Crippen molar-refractivity contribution in [1.82, 2.24) is 9.71 Å². The van der Waals surface area contributed by atoms with E-state index in [4.69, 9.17) is 5.11 Å². The predicted octanol–water partition coefficient (Wildman–Crippen LogP) is 2.56. The van der Waals surface area contributed by atoms with Crippen LogP contribution in [0.3, 0.4) is 0 Å². The molecule has 0 atom stereocenters. The molecule has 132 valence electrons. The molecule has 0 aliphatic carbocycles. The van der Waals surface area contributed by atoms with E-state index in [2.05, 4.69) is 31.0 Å². The highest BCUT2D eigenvalue weighted by Gasteiger charge is 2.22. The minimum atomic E-state index is -3.63. The van der Waals surface area contributed by atoms with E-state index in [0.29, 0.717) is 26.6 Å². The Labute approximate surface area is 156 Å². The van der Waals surface area contributed by atoms with E-state index in [-0.39, 0.29) is 23.3 Å². The number of aliphatic hydroxyl groups excluding tert-OH is 1. The van der Waals surface area contributed by atoms with Gasteiger partial charge in [-0.1, -0.05) is 11.3 Å². The highest BCUT2D eigenvalue weighted by atomic mass is 79.9. The number of carbonyl (C=O) groups is 1. The number of aryl methyl sites for hydroxylation is 1. The van der Waals surface area contributed by atoms with Crippen LogP contribution in [0.15, 0.2) is 14.1 Å². The fourth-order valence-electron chi connectivity index (χ4n) is 1.84. The number of thiazole rings is 1. The number of halogens is 1. The Hall–Kier alpha value is -0.850. The quantitative estimate of drug-likeness (QED) is 0.558. The van der Waals surface area contributed by atoms with Crippen LogP contribution in [0, 0.1) is 6.92 Å². The molecule has 0 aromatic carbocycles. The summed E-state index contributed by atoms with van der Waals surface area (Å²) in [4.78, 5) is 16.2. The minimum absolute atomic E-state index is 0.0755. The summed E-state index contributed by atoms with van der Waals surface area (Å²) in [5.74, 6) is -0.212. The molecule has 0 saturated carbocycles. The summed E-state index contributed by atoms with van der Waals surface area (Å²) in [6, 6.07) is 1.58. The molecule has 2 heterocycles. The van der Waals surface area contributed by atoms with Crippen LogP contribution < -0.4 is 10.0 Å². The van der Waals surface area contributed by atoms with Crippen LogP contribution in [0.25, 0.3) is 10.4 Å². The highest BCUT2D eigenvalue weighted by molar-refractivity contribution is 9.11. The minimum Gasteiger partial charge on any atom is -0.396 e. The molecule has 0 aliphatic rings. The van der Waals surface area contributed by atoms with Crippen LogP contribution in [0.4, 0.5) is 5.13 Å². The maximum Gasteiger partial charge on any atom is 0.250 e. The Morgan fingerprint density at radius 1 is 1.42 bits per heavy atom.